The first kappa shape index (κ1) is 22.1. The highest BCUT2D eigenvalue weighted by Crippen LogP contribution is 2.46. The molecular weight excluding hydrogens is 444 g/mol. The van der Waals surface area contributed by atoms with Gasteiger partial charge in [-0.15, -0.1) is 0 Å². The van der Waals surface area contributed by atoms with E-state index in [9.17, 15) is 39.6 Å². The fourth-order valence-corrected chi connectivity index (χ4v) is 3.20. The number of pyridine rings is 1. The second-order valence-corrected chi connectivity index (χ2v) is 7.98. The van der Waals surface area contributed by atoms with Crippen molar-refractivity contribution in [1.82, 2.24) is 4.98 Å². The van der Waals surface area contributed by atoms with Crippen molar-refractivity contribution in [3.05, 3.63) is 35.0 Å². The van der Waals surface area contributed by atoms with E-state index in [2.05, 4.69) is 13.9 Å². The van der Waals surface area contributed by atoms with E-state index in [1.807, 2.05) is 0 Å². The summed E-state index contributed by atoms with van der Waals surface area (Å²) < 4.78 is 111. The molecule has 1 aliphatic rings. The average molecular weight is 457 g/mol. The van der Waals surface area contributed by atoms with Crippen molar-refractivity contribution in [2.45, 2.75) is 37.4 Å². The van der Waals surface area contributed by atoms with Crippen molar-refractivity contribution in [3.63, 3.8) is 0 Å². The number of hydrogen-bond donors (Lipinski definition) is 0. The zero-order chi connectivity index (χ0) is 22.5. The summed E-state index contributed by atoms with van der Waals surface area (Å²) in [5, 5.41) is -0.618. The Morgan fingerprint density at radius 2 is 1.77 bits per heavy atom. The lowest BCUT2D eigenvalue weighted by Gasteiger charge is -2.17. The number of halogens is 6. The smallest absolute Gasteiger partial charge is 0.461 e. The maximum absolute atomic E-state index is 13.6. The van der Waals surface area contributed by atoms with Gasteiger partial charge in [0.25, 0.3) is 0 Å². The molecule has 1 aromatic carbocycles. The molecule has 1 saturated carbocycles. The Balaban J connectivity index is 2.33. The number of fused-ring (bicyclic) bond motifs is 1. The van der Waals surface area contributed by atoms with Gasteiger partial charge in [0.05, 0.1) is 17.7 Å². The van der Waals surface area contributed by atoms with Crippen LogP contribution >= 0.6 is 0 Å². The number of alkyl halides is 6. The van der Waals surface area contributed by atoms with Crippen molar-refractivity contribution < 1.29 is 48.5 Å². The molecule has 13 heteroatoms. The van der Waals surface area contributed by atoms with Gasteiger partial charge in [-0.05, 0) is 43.4 Å². The zero-order valence-corrected chi connectivity index (χ0v) is 15.9. The number of hydrogen-bond acceptors (Lipinski definition) is 6. The van der Waals surface area contributed by atoms with Crippen LogP contribution in [0.15, 0.2) is 18.2 Å². The second kappa shape index (κ2) is 7.29. The Morgan fingerprint density at radius 1 is 1.13 bits per heavy atom. The van der Waals surface area contributed by atoms with Gasteiger partial charge in [0, 0.05) is 11.5 Å². The molecule has 0 aliphatic heterocycles. The van der Waals surface area contributed by atoms with E-state index in [1.54, 1.807) is 0 Å². The topological polar surface area (TPSA) is 82.6 Å². The third-order valence-corrected chi connectivity index (χ3v) is 5.19. The molecule has 164 valence electrons. The number of ether oxygens (including phenoxy) is 1. The fraction of sp³-hybridized carbons (Fsp3) is 0.412. The van der Waals surface area contributed by atoms with E-state index in [0.29, 0.717) is 18.9 Å². The molecule has 0 atom stereocenters. The predicted molar refractivity (Wildman–Crippen MR) is 90.3 cm³/mol. The summed E-state index contributed by atoms with van der Waals surface area (Å²) in [5.74, 6) is -2.62. The molecule has 0 spiro atoms. The molecular formula is C17H13F6NO5S. The quantitative estimate of drug-likeness (QED) is 0.284. The van der Waals surface area contributed by atoms with Gasteiger partial charge >= 0.3 is 27.8 Å². The number of carbonyl (C=O) groups is 1. The van der Waals surface area contributed by atoms with Gasteiger partial charge in [0.1, 0.15) is 0 Å². The molecule has 30 heavy (non-hydrogen) atoms. The lowest BCUT2D eigenvalue weighted by molar-refractivity contribution is -0.136. The first-order chi connectivity index (χ1) is 13.7. The van der Waals surface area contributed by atoms with Gasteiger partial charge < -0.3 is 8.92 Å². The molecule has 0 N–H and O–H groups in total. The number of carbonyl (C=O) groups excluding carboxylic acids is 1. The van der Waals surface area contributed by atoms with E-state index in [0.717, 1.165) is 12.1 Å². The van der Waals surface area contributed by atoms with Crippen molar-refractivity contribution in [1.29, 1.82) is 0 Å². The normalized spacial score (nSPS) is 15.3. The van der Waals surface area contributed by atoms with Gasteiger partial charge in [-0.1, -0.05) is 0 Å². The number of benzene rings is 1. The van der Waals surface area contributed by atoms with Crippen molar-refractivity contribution in [2.75, 3.05) is 6.61 Å². The van der Waals surface area contributed by atoms with Gasteiger partial charge in [-0.2, -0.15) is 34.8 Å². The maximum atomic E-state index is 13.6. The summed E-state index contributed by atoms with van der Waals surface area (Å²) in [5.41, 5.74) is -8.78. The predicted octanol–water partition coefficient (Wildman–Crippen LogP) is 4.54. The minimum absolute atomic E-state index is 0.148. The molecule has 0 radical (unpaired) electrons. The third-order valence-electron chi connectivity index (χ3n) is 4.22. The first-order valence-electron chi connectivity index (χ1n) is 8.48. The molecule has 1 heterocycles. The van der Waals surface area contributed by atoms with E-state index in [1.165, 1.54) is 6.92 Å². The van der Waals surface area contributed by atoms with Crippen LogP contribution in [-0.4, -0.2) is 31.5 Å². The molecule has 1 aromatic heterocycles. The van der Waals surface area contributed by atoms with Crippen LogP contribution in [-0.2, 0) is 21.0 Å². The standard InChI is InChI=1S/C17H13F6NO5S/c1-2-28-15(25)12-7-13(29-30(26,27)17(21,22)23)10-5-9(8-3-4-8)6-11(14(10)24-12)16(18,19)20/h5-8H,2-4H2,1H3. The molecule has 6 nitrogen and oxygen atoms in total. The Hall–Kier alpha value is -2.57. The van der Waals surface area contributed by atoms with Gasteiger partial charge in [0.15, 0.2) is 11.4 Å². The van der Waals surface area contributed by atoms with Crippen LogP contribution in [0.5, 0.6) is 5.75 Å². The van der Waals surface area contributed by atoms with Crippen LogP contribution in [0.4, 0.5) is 26.3 Å². The SMILES string of the molecule is CCOC(=O)c1cc(OS(=O)(=O)C(F)(F)F)c2cc(C3CC3)cc(C(F)(F)F)c2n1. The van der Waals surface area contributed by atoms with Crippen LogP contribution < -0.4 is 4.18 Å². The Labute approximate surface area is 165 Å². The van der Waals surface area contributed by atoms with Crippen molar-refractivity contribution in [2.24, 2.45) is 0 Å². The summed E-state index contributed by atoms with van der Waals surface area (Å²) in [6.45, 7) is 1.18. The molecule has 0 bridgehead atoms. The highest BCUT2D eigenvalue weighted by molar-refractivity contribution is 7.88. The minimum atomic E-state index is -6.22. The van der Waals surface area contributed by atoms with Crippen LogP contribution in [0.2, 0.25) is 0 Å². The van der Waals surface area contributed by atoms with Gasteiger partial charge in [-0.25, -0.2) is 9.78 Å². The molecule has 1 aliphatic carbocycles. The van der Waals surface area contributed by atoms with E-state index < -0.39 is 55.7 Å². The summed E-state index contributed by atoms with van der Waals surface area (Å²) in [7, 11) is -6.22. The maximum Gasteiger partial charge on any atom is 0.534 e. The third kappa shape index (κ3) is 4.30. The highest BCUT2D eigenvalue weighted by atomic mass is 32.2. The molecule has 2 aromatic rings. The van der Waals surface area contributed by atoms with Gasteiger partial charge in [0.2, 0.25) is 0 Å². The molecule has 0 saturated heterocycles. The van der Waals surface area contributed by atoms with E-state index in [4.69, 9.17) is 0 Å². The number of nitrogens with zero attached hydrogens (tertiary/aromatic N) is 1. The van der Waals surface area contributed by atoms with Crippen LogP contribution in [0.1, 0.15) is 47.3 Å². The molecule has 0 unspecified atom stereocenters. The lowest BCUT2D eigenvalue weighted by atomic mass is 10.0. The van der Waals surface area contributed by atoms with Crippen LogP contribution in [0.3, 0.4) is 0 Å². The molecule has 3 rings (SSSR count). The fourth-order valence-electron chi connectivity index (χ4n) is 2.73. The Kier molecular flexibility index (Phi) is 5.37. The summed E-state index contributed by atoms with van der Waals surface area (Å²) in [6.07, 6.45) is -3.86. The van der Waals surface area contributed by atoms with Crippen molar-refractivity contribution >= 4 is 27.0 Å². The second-order valence-electron chi connectivity index (χ2n) is 6.45. The summed E-state index contributed by atoms with van der Waals surface area (Å²) in [4.78, 5) is 15.5. The Bertz CT molecular complexity index is 1110. The lowest BCUT2D eigenvalue weighted by Crippen LogP contribution is -2.28. The first-order valence-corrected chi connectivity index (χ1v) is 9.89. The monoisotopic (exact) mass is 457 g/mol. The van der Waals surface area contributed by atoms with Crippen LogP contribution in [0, 0.1) is 0 Å². The van der Waals surface area contributed by atoms with Gasteiger partial charge in [-0.3, -0.25) is 0 Å². The largest absolute Gasteiger partial charge is 0.534 e. The Morgan fingerprint density at radius 3 is 2.27 bits per heavy atom. The summed E-state index contributed by atoms with van der Waals surface area (Å²) >= 11 is 0. The summed E-state index contributed by atoms with van der Waals surface area (Å²) in [6, 6.07) is 2.38. The number of esters is 1. The molecule has 1 fully saturated rings. The van der Waals surface area contributed by atoms with Crippen LogP contribution in [0.25, 0.3) is 10.9 Å². The van der Waals surface area contributed by atoms with E-state index in [-0.39, 0.29) is 18.1 Å². The van der Waals surface area contributed by atoms with Crippen molar-refractivity contribution in [3.8, 4) is 5.75 Å². The van der Waals surface area contributed by atoms with E-state index >= 15 is 0 Å². The minimum Gasteiger partial charge on any atom is -0.461 e. The molecule has 0 amide bonds. The zero-order valence-electron chi connectivity index (χ0n) is 15.1. The highest BCUT2D eigenvalue weighted by Gasteiger charge is 2.49. The number of rotatable bonds is 5. The number of aromatic nitrogens is 1. The average Bonchev–Trinajstić information content (AvgIpc) is 3.44.